The number of carbonyl (C=O) groups is 1. The number of Topliss-reactive ketones (excluding diaryl/α,β-unsaturated/α-hetero) is 1. The minimum Gasteiger partial charge on any atom is -0.396 e. The summed E-state index contributed by atoms with van der Waals surface area (Å²) in [5, 5.41) is 10.2. The number of H-pyrrole nitrogens is 1. The van der Waals surface area contributed by atoms with E-state index < -0.39 is 0 Å². The van der Waals surface area contributed by atoms with Gasteiger partial charge < -0.3 is 10.1 Å². The van der Waals surface area contributed by atoms with Crippen molar-refractivity contribution in [2.24, 2.45) is 0 Å². The number of benzene rings is 1. The van der Waals surface area contributed by atoms with Crippen LogP contribution >= 0.6 is 0 Å². The highest BCUT2D eigenvalue weighted by Gasteiger charge is 2.25. The molecule has 1 fully saturated rings. The highest BCUT2D eigenvalue weighted by molar-refractivity contribution is 6.10. The van der Waals surface area contributed by atoms with Gasteiger partial charge >= 0.3 is 0 Å². The number of para-hydroxylation sites is 1. The maximum absolute atomic E-state index is 12.8. The molecule has 1 aliphatic heterocycles. The first-order chi connectivity index (χ1) is 10.7. The molecule has 3 rings (SSSR count). The lowest BCUT2D eigenvalue weighted by Crippen LogP contribution is -2.43. The molecule has 2 heterocycles. The fourth-order valence-electron chi connectivity index (χ4n) is 3.64. The fourth-order valence-corrected chi connectivity index (χ4v) is 3.64. The lowest BCUT2D eigenvalue weighted by atomic mass is 9.98. The molecule has 1 aromatic carbocycles. The van der Waals surface area contributed by atoms with Crippen LogP contribution in [0, 0.1) is 6.92 Å². The van der Waals surface area contributed by atoms with Crippen molar-refractivity contribution in [3.8, 4) is 0 Å². The Bertz CT molecular complexity index is 660. The molecule has 0 saturated carbocycles. The Balaban J connectivity index is 1.82. The van der Waals surface area contributed by atoms with Crippen LogP contribution in [-0.2, 0) is 0 Å². The second-order valence-corrected chi connectivity index (χ2v) is 6.23. The predicted octanol–water partition coefficient (Wildman–Crippen LogP) is 2.90. The Morgan fingerprint density at radius 2 is 2.18 bits per heavy atom. The Labute approximate surface area is 131 Å². The summed E-state index contributed by atoms with van der Waals surface area (Å²) in [6, 6.07) is 8.31. The van der Waals surface area contributed by atoms with Gasteiger partial charge in [-0.05, 0) is 38.8 Å². The van der Waals surface area contributed by atoms with E-state index in [-0.39, 0.29) is 12.4 Å². The van der Waals surface area contributed by atoms with Gasteiger partial charge in [0.05, 0.1) is 6.54 Å². The Morgan fingerprint density at radius 1 is 1.36 bits per heavy atom. The van der Waals surface area contributed by atoms with Gasteiger partial charge in [0.15, 0.2) is 5.78 Å². The van der Waals surface area contributed by atoms with Crippen LogP contribution in [0.15, 0.2) is 24.3 Å². The van der Waals surface area contributed by atoms with Crippen molar-refractivity contribution in [3.05, 3.63) is 35.5 Å². The lowest BCUT2D eigenvalue weighted by molar-refractivity contribution is 0.0800. The highest BCUT2D eigenvalue weighted by atomic mass is 16.3. The molecule has 22 heavy (non-hydrogen) atoms. The number of piperidine rings is 1. The number of hydrogen-bond donors (Lipinski definition) is 2. The summed E-state index contributed by atoms with van der Waals surface area (Å²) in [4.78, 5) is 18.4. The molecule has 0 amide bonds. The minimum absolute atomic E-state index is 0.180. The number of likely N-dealkylation sites (tertiary alicyclic amines) is 1. The zero-order chi connectivity index (χ0) is 15.5. The Hall–Kier alpha value is -1.65. The van der Waals surface area contributed by atoms with Gasteiger partial charge in [-0.15, -0.1) is 0 Å². The molecule has 2 aromatic rings. The van der Waals surface area contributed by atoms with Crippen molar-refractivity contribution < 1.29 is 9.90 Å². The number of aliphatic hydroxyl groups is 1. The van der Waals surface area contributed by atoms with E-state index >= 15 is 0 Å². The first-order valence-electron chi connectivity index (χ1n) is 8.16. The van der Waals surface area contributed by atoms with Gasteiger partial charge in [0, 0.05) is 34.8 Å². The summed E-state index contributed by atoms with van der Waals surface area (Å²) in [6.07, 6.45) is 4.18. The van der Waals surface area contributed by atoms with Gasteiger partial charge in [-0.25, -0.2) is 0 Å². The molecule has 0 radical (unpaired) electrons. The summed E-state index contributed by atoms with van der Waals surface area (Å²) in [5.41, 5.74) is 2.79. The van der Waals surface area contributed by atoms with Crippen molar-refractivity contribution in [1.29, 1.82) is 0 Å². The average Bonchev–Trinajstić information content (AvgIpc) is 2.85. The van der Waals surface area contributed by atoms with E-state index in [1.165, 1.54) is 6.42 Å². The van der Waals surface area contributed by atoms with E-state index in [0.717, 1.165) is 48.0 Å². The fraction of sp³-hybridized carbons (Fsp3) is 0.500. The molecule has 1 saturated heterocycles. The summed E-state index contributed by atoms with van der Waals surface area (Å²) in [5.74, 6) is 0.180. The second-order valence-electron chi connectivity index (χ2n) is 6.23. The number of aryl methyl sites for hydroxylation is 1. The number of aliphatic hydroxyl groups excluding tert-OH is 1. The van der Waals surface area contributed by atoms with E-state index in [0.29, 0.717) is 12.6 Å². The molecule has 1 aliphatic rings. The van der Waals surface area contributed by atoms with Crippen molar-refractivity contribution in [3.63, 3.8) is 0 Å². The van der Waals surface area contributed by atoms with Crippen molar-refractivity contribution in [2.45, 2.75) is 38.6 Å². The molecule has 0 aliphatic carbocycles. The van der Waals surface area contributed by atoms with Crippen LogP contribution in [0.5, 0.6) is 0 Å². The molecule has 118 valence electrons. The topological polar surface area (TPSA) is 56.3 Å². The van der Waals surface area contributed by atoms with Gasteiger partial charge in [0.25, 0.3) is 0 Å². The van der Waals surface area contributed by atoms with Gasteiger partial charge in [-0.2, -0.15) is 0 Å². The first kappa shape index (κ1) is 15.3. The largest absolute Gasteiger partial charge is 0.396 e. The van der Waals surface area contributed by atoms with Crippen molar-refractivity contribution >= 4 is 16.7 Å². The van der Waals surface area contributed by atoms with Gasteiger partial charge in [0.2, 0.25) is 0 Å². The zero-order valence-electron chi connectivity index (χ0n) is 13.1. The molecule has 0 unspecified atom stereocenters. The van der Waals surface area contributed by atoms with Crippen LogP contribution in [0.3, 0.4) is 0 Å². The number of nitrogens with zero attached hydrogens (tertiary/aromatic N) is 1. The predicted molar refractivity (Wildman–Crippen MR) is 88.3 cm³/mol. The van der Waals surface area contributed by atoms with Crippen molar-refractivity contribution in [2.75, 3.05) is 19.7 Å². The van der Waals surface area contributed by atoms with Crippen LogP contribution in [0.1, 0.15) is 41.7 Å². The molecule has 0 spiro atoms. The van der Waals surface area contributed by atoms with Crippen LogP contribution < -0.4 is 0 Å². The third-order valence-corrected chi connectivity index (χ3v) is 4.73. The SMILES string of the molecule is Cc1[nH]c2ccccc2c1C(=O)CN1CCCC[C@@H]1CCO. The third-order valence-electron chi connectivity index (χ3n) is 4.73. The molecule has 4 heteroatoms. The molecular formula is C18H24N2O2. The van der Waals surface area contributed by atoms with E-state index in [4.69, 9.17) is 0 Å². The van der Waals surface area contributed by atoms with E-state index in [2.05, 4.69) is 9.88 Å². The number of hydrogen-bond acceptors (Lipinski definition) is 3. The summed E-state index contributed by atoms with van der Waals surface area (Å²) in [7, 11) is 0. The number of carbonyl (C=O) groups excluding carboxylic acids is 1. The average molecular weight is 300 g/mol. The molecule has 1 aromatic heterocycles. The smallest absolute Gasteiger partial charge is 0.179 e. The lowest BCUT2D eigenvalue weighted by Gasteiger charge is -2.34. The van der Waals surface area contributed by atoms with E-state index in [1.54, 1.807) is 0 Å². The molecule has 0 bridgehead atoms. The standard InChI is InChI=1S/C18H24N2O2/c1-13-18(15-7-2-3-8-16(15)19-13)17(22)12-20-10-5-4-6-14(20)9-11-21/h2-3,7-8,14,19,21H,4-6,9-12H2,1H3/t14-/m1/s1. The molecule has 4 nitrogen and oxygen atoms in total. The normalized spacial score (nSPS) is 19.6. The summed E-state index contributed by atoms with van der Waals surface area (Å²) in [6.45, 7) is 3.57. The number of aromatic amines is 1. The molecular weight excluding hydrogens is 276 g/mol. The van der Waals surface area contributed by atoms with Crippen LogP contribution in [0.4, 0.5) is 0 Å². The maximum atomic E-state index is 12.8. The zero-order valence-corrected chi connectivity index (χ0v) is 13.1. The quantitative estimate of drug-likeness (QED) is 0.835. The minimum atomic E-state index is 0.180. The number of ketones is 1. The van der Waals surface area contributed by atoms with Crippen LogP contribution in [0.25, 0.3) is 10.9 Å². The van der Waals surface area contributed by atoms with E-state index in [9.17, 15) is 9.90 Å². The van der Waals surface area contributed by atoms with Gasteiger partial charge in [0.1, 0.15) is 0 Å². The number of aromatic nitrogens is 1. The molecule has 1 atom stereocenters. The number of nitrogens with one attached hydrogen (secondary N) is 1. The number of fused-ring (bicyclic) bond motifs is 1. The maximum Gasteiger partial charge on any atom is 0.179 e. The molecule has 2 N–H and O–H groups in total. The van der Waals surface area contributed by atoms with Gasteiger partial charge in [-0.1, -0.05) is 24.6 Å². The Morgan fingerprint density at radius 3 is 3.00 bits per heavy atom. The van der Waals surface area contributed by atoms with Gasteiger partial charge in [-0.3, -0.25) is 9.69 Å². The van der Waals surface area contributed by atoms with Crippen molar-refractivity contribution in [1.82, 2.24) is 9.88 Å². The van der Waals surface area contributed by atoms with E-state index in [1.807, 2.05) is 31.2 Å². The van der Waals surface area contributed by atoms with Crippen LogP contribution in [-0.4, -0.2) is 46.5 Å². The monoisotopic (exact) mass is 300 g/mol. The second kappa shape index (κ2) is 6.63. The number of rotatable bonds is 5. The van der Waals surface area contributed by atoms with Crippen LogP contribution in [0.2, 0.25) is 0 Å². The summed E-state index contributed by atoms with van der Waals surface area (Å²) >= 11 is 0. The summed E-state index contributed by atoms with van der Waals surface area (Å²) < 4.78 is 0. The third kappa shape index (κ3) is 2.94. The Kier molecular flexibility index (Phi) is 4.60. The highest BCUT2D eigenvalue weighted by Crippen LogP contribution is 2.24. The first-order valence-corrected chi connectivity index (χ1v) is 8.16.